The van der Waals surface area contributed by atoms with E-state index in [0.717, 1.165) is 41.3 Å². The lowest BCUT2D eigenvalue weighted by Crippen LogP contribution is -1.95. The molecule has 1 unspecified atom stereocenters. The second kappa shape index (κ2) is 6.52. The van der Waals surface area contributed by atoms with E-state index >= 15 is 0 Å². The van der Waals surface area contributed by atoms with E-state index in [1.54, 1.807) is 11.8 Å². The van der Waals surface area contributed by atoms with Gasteiger partial charge in [0.1, 0.15) is 0 Å². The Kier molecular flexibility index (Phi) is 4.47. The number of thioether (sulfide) groups is 1. The van der Waals surface area contributed by atoms with E-state index in [-0.39, 0.29) is 5.25 Å². The van der Waals surface area contributed by atoms with Crippen LogP contribution in [0.15, 0.2) is 33.9 Å². The van der Waals surface area contributed by atoms with Crippen LogP contribution < -0.4 is 0 Å². The lowest BCUT2D eigenvalue weighted by molar-refractivity contribution is 0.374. The van der Waals surface area contributed by atoms with Crippen LogP contribution in [0.2, 0.25) is 0 Å². The van der Waals surface area contributed by atoms with Gasteiger partial charge in [-0.05, 0) is 25.5 Å². The molecule has 0 N–H and O–H groups in total. The topological polar surface area (TPSA) is 56.7 Å². The van der Waals surface area contributed by atoms with E-state index in [1.807, 2.05) is 25.2 Å². The number of unbranched alkanes of at least 4 members (excludes halogenated alkanes) is 1. The minimum absolute atomic E-state index is 0.0818. The van der Waals surface area contributed by atoms with E-state index in [1.165, 1.54) is 0 Å². The summed E-state index contributed by atoms with van der Waals surface area (Å²) in [7, 11) is 2.03. The second-order valence-corrected chi connectivity index (χ2v) is 6.66. The zero-order valence-corrected chi connectivity index (χ0v) is 13.9. The zero-order chi connectivity index (χ0) is 15.5. The first kappa shape index (κ1) is 15.1. The molecule has 0 saturated heterocycles. The summed E-state index contributed by atoms with van der Waals surface area (Å²) in [6.07, 6.45) is 3.10. The lowest BCUT2D eigenvalue weighted by atomic mass is 10.2. The summed E-state index contributed by atoms with van der Waals surface area (Å²) in [6, 6.07) is 8.14. The van der Waals surface area contributed by atoms with Crippen LogP contribution in [-0.2, 0) is 13.5 Å². The van der Waals surface area contributed by atoms with E-state index in [0.29, 0.717) is 5.89 Å². The van der Waals surface area contributed by atoms with E-state index < -0.39 is 0 Å². The van der Waals surface area contributed by atoms with Crippen molar-refractivity contribution < 1.29 is 4.52 Å². The van der Waals surface area contributed by atoms with Crippen molar-refractivity contribution in [3.8, 4) is 0 Å². The molecule has 116 valence electrons. The molecule has 0 aliphatic carbocycles. The highest BCUT2D eigenvalue weighted by atomic mass is 32.2. The largest absolute Gasteiger partial charge is 0.338 e. The maximum absolute atomic E-state index is 5.39. The highest BCUT2D eigenvalue weighted by Gasteiger charge is 2.18. The lowest BCUT2D eigenvalue weighted by Gasteiger charge is -2.05. The average Bonchev–Trinajstić information content (AvgIpc) is 3.11. The number of hydrogen-bond acceptors (Lipinski definition) is 5. The monoisotopic (exact) mass is 316 g/mol. The molecule has 2 heterocycles. The van der Waals surface area contributed by atoms with Crippen LogP contribution in [0.25, 0.3) is 11.0 Å². The summed E-state index contributed by atoms with van der Waals surface area (Å²) >= 11 is 1.64. The van der Waals surface area contributed by atoms with Crippen LogP contribution in [0, 0.1) is 0 Å². The van der Waals surface area contributed by atoms with Gasteiger partial charge in [0.15, 0.2) is 11.0 Å². The van der Waals surface area contributed by atoms with Crippen molar-refractivity contribution in [1.82, 2.24) is 19.7 Å². The maximum Gasteiger partial charge on any atom is 0.239 e. The molecule has 1 aromatic carbocycles. The molecule has 0 aliphatic heterocycles. The Morgan fingerprint density at radius 2 is 2.09 bits per heavy atom. The van der Waals surface area contributed by atoms with E-state index in [2.05, 4.69) is 39.6 Å². The molecule has 0 aliphatic rings. The van der Waals surface area contributed by atoms with Crippen molar-refractivity contribution in [2.45, 2.75) is 43.5 Å². The van der Waals surface area contributed by atoms with E-state index in [4.69, 9.17) is 4.52 Å². The number of fused-ring (bicyclic) bond motifs is 1. The predicted molar refractivity (Wildman–Crippen MR) is 87.9 cm³/mol. The Hall–Kier alpha value is -1.82. The van der Waals surface area contributed by atoms with Crippen molar-refractivity contribution in [2.75, 3.05) is 0 Å². The third-order valence-electron chi connectivity index (χ3n) is 3.61. The zero-order valence-electron chi connectivity index (χ0n) is 13.1. The molecule has 0 spiro atoms. The summed E-state index contributed by atoms with van der Waals surface area (Å²) in [6.45, 7) is 4.23. The number of nitrogens with zero attached hydrogens (tertiary/aromatic N) is 4. The Morgan fingerprint density at radius 3 is 2.86 bits per heavy atom. The van der Waals surface area contributed by atoms with Gasteiger partial charge < -0.3 is 9.09 Å². The van der Waals surface area contributed by atoms with Gasteiger partial charge >= 0.3 is 0 Å². The molecular formula is C16H20N4OS. The molecule has 2 aromatic heterocycles. The first-order valence-electron chi connectivity index (χ1n) is 7.59. The van der Waals surface area contributed by atoms with Gasteiger partial charge in [0, 0.05) is 13.5 Å². The standard InChI is InChI=1S/C16H20N4OS/c1-4-5-10-14-18-15(21-19-14)11(2)22-16-17-12-8-6-7-9-13(12)20(16)3/h6-9,11H,4-5,10H2,1-3H3. The molecule has 0 amide bonds. The number of rotatable bonds is 6. The number of benzene rings is 1. The molecule has 3 aromatic rings. The molecule has 0 bridgehead atoms. The average molecular weight is 316 g/mol. The van der Waals surface area contributed by atoms with Crippen molar-refractivity contribution in [3.63, 3.8) is 0 Å². The molecule has 0 radical (unpaired) electrons. The van der Waals surface area contributed by atoms with Crippen LogP contribution in [0.4, 0.5) is 0 Å². The molecule has 6 heteroatoms. The molecular weight excluding hydrogens is 296 g/mol. The third-order valence-corrected chi connectivity index (χ3v) is 4.74. The van der Waals surface area contributed by atoms with Crippen molar-refractivity contribution in [1.29, 1.82) is 0 Å². The van der Waals surface area contributed by atoms with Gasteiger partial charge in [-0.15, -0.1) is 0 Å². The van der Waals surface area contributed by atoms with Crippen LogP contribution in [0.5, 0.6) is 0 Å². The normalized spacial score (nSPS) is 12.9. The maximum atomic E-state index is 5.39. The fourth-order valence-corrected chi connectivity index (χ4v) is 3.23. The minimum Gasteiger partial charge on any atom is -0.338 e. The molecule has 0 fully saturated rings. The molecule has 5 nitrogen and oxygen atoms in total. The predicted octanol–water partition coefficient (Wildman–Crippen LogP) is 4.15. The first-order valence-corrected chi connectivity index (χ1v) is 8.47. The first-order chi connectivity index (χ1) is 10.7. The highest BCUT2D eigenvalue weighted by molar-refractivity contribution is 7.99. The second-order valence-electron chi connectivity index (χ2n) is 5.35. The van der Waals surface area contributed by atoms with Gasteiger partial charge in [0.2, 0.25) is 5.89 Å². The number of hydrogen-bond donors (Lipinski definition) is 0. The minimum atomic E-state index is 0.0818. The van der Waals surface area contributed by atoms with Crippen molar-refractivity contribution in [2.24, 2.45) is 7.05 Å². The van der Waals surface area contributed by atoms with Gasteiger partial charge in [-0.25, -0.2) is 4.98 Å². The molecule has 3 rings (SSSR count). The third kappa shape index (κ3) is 3.02. The Labute approximate surface area is 134 Å². The smallest absolute Gasteiger partial charge is 0.239 e. The summed E-state index contributed by atoms with van der Waals surface area (Å²) < 4.78 is 7.49. The summed E-state index contributed by atoms with van der Waals surface area (Å²) in [4.78, 5) is 9.16. The fraction of sp³-hybridized carbons (Fsp3) is 0.438. The van der Waals surface area contributed by atoms with Gasteiger partial charge in [-0.2, -0.15) is 4.98 Å². The van der Waals surface area contributed by atoms with Crippen LogP contribution >= 0.6 is 11.8 Å². The van der Waals surface area contributed by atoms with Gasteiger partial charge in [-0.1, -0.05) is 42.4 Å². The summed E-state index contributed by atoms with van der Waals surface area (Å²) in [5.41, 5.74) is 2.14. The molecule has 22 heavy (non-hydrogen) atoms. The molecule has 0 saturated carbocycles. The SMILES string of the molecule is CCCCc1noc(C(C)Sc2nc3ccccc3n2C)n1. The van der Waals surface area contributed by atoms with Gasteiger partial charge in [0.25, 0.3) is 0 Å². The summed E-state index contributed by atoms with van der Waals surface area (Å²) in [5, 5.41) is 5.10. The molecule has 1 atom stereocenters. The number of aromatic nitrogens is 4. The van der Waals surface area contributed by atoms with Crippen LogP contribution in [0.1, 0.15) is 43.7 Å². The van der Waals surface area contributed by atoms with Crippen LogP contribution in [0.3, 0.4) is 0 Å². The van der Waals surface area contributed by atoms with Crippen LogP contribution in [-0.4, -0.2) is 19.7 Å². The fourth-order valence-electron chi connectivity index (χ4n) is 2.31. The van der Waals surface area contributed by atoms with Gasteiger partial charge in [-0.3, -0.25) is 0 Å². The highest BCUT2D eigenvalue weighted by Crippen LogP contribution is 2.34. The summed E-state index contributed by atoms with van der Waals surface area (Å²) in [5.74, 6) is 1.47. The number of imidazole rings is 1. The quantitative estimate of drug-likeness (QED) is 0.639. The Morgan fingerprint density at radius 1 is 1.27 bits per heavy atom. The Bertz CT molecular complexity index is 764. The van der Waals surface area contributed by atoms with Gasteiger partial charge in [0.05, 0.1) is 16.3 Å². The number of para-hydroxylation sites is 2. The number of aryl methyl sites for hydroxylation is 2. The van der Waals surface area contributed by atoms with Crippen molar-refractivity contribution >= 4 is 22.8 Å². The van der Waals surface area contributed by atoms with Crippen molar-refractivity contribution in [3.05, 3.63) is 36.0 Å². The van der Waals surface area contributed by atoms with E-state index in [9.17, 15) is 0 Å². The Balaban J connectivity index is 1.76.